The summed E-state index contributed by atoms with van der Waals surface area (Å²) in [7, 11) is -4.01. The SMILES string of the molecule is CCN(Cc1ccccc1)c1ccc(/C=N/NS(=O)(=O)c2cccc([N+](=O)[O-])c2)cc1. The Hall–Kier alpha value is -3.72. The Labute approximate surface area is 181 Å². The molecule has 8 nitrogen and oxygen atoms in total. The van der Waals surface area contributed by atoms with Crippen LogP contribution in [0.1, 0.15) is 18.1 Å². The van der Waals surface area contributed by atoms with Crippen LogP contribution in [0.15, 0.2) is 88.9 Å². The summed E-state index contributed by atoms with van der Waals surface area (Å²) in [5, 5.41) is 14.6. The lowest BCUT2D eigenvalue weighted by molar-refractivity contribution is -0.385. The largest absolute Gasteiger partial charge is 0.367 e. The minimum atomic E-state index is -4.01. The van der Waals surface area contributed by atoms with Gasteiger partial charge in [0.15, 0.2) is 0 Å². The summed E-state index contributed by atoms with van der Waals surface area (Å²) >= 11 is 0. The summed E-state index contributed by atoms with van der Waals surface area (Å²) in [6, 6.07) is 22.5. The van der Waals surface area contributed by atoms with Crippen LogP contribution in [-0.4, -0.2) is 26.1 Å². The molecule has 0 saturated carbocycles. The molecule has 0 atom stereocenters. The van der Waals surface area contributed by atoms with Crippen molar-refractivity contribution in [3.8, 4) is 0 Å². The minimum Gasteiger partial charge on any atom is -0.367 e. The van der Waals surface area contributed by atoms with Gasteiger partial charge in [-0.3, -0.25) is 10.1 Å². The van der Waals surface area contributed by atoms with Crippen LogP contribution in [0.5, 0.6) is 0 Å². The number of nitro groups is 1. The van der Waals surface area contributed by atoms with Gasteiger partial charge in [-0.25, -0.2) is 4.83 Å². The second-order valence-corrected chi connectivity index (χ2v) is 8.36. The third-order valence-corrected chi connectivity index (χ3v) is 5.80. The smallest absolute Gasteiger partial charge is 0.276 e. The molecule has 3 aromatic carbocycles. The van der Waals surface area contributed by atoms with Crippen molar-refractivity contribution in [1.29, 1.82) is 0 Å². The van der Waals surface area contributed by atoms with Gasteiger partial charge in [-0.2, -0.15) is 13.5 Å². The van der Waals surface area contributed by atoms with Crippen molar-refractivity contribution in [2.75, 3.05) is 11.4 Å². The molecule has 160 valence electrons. The number of hydrogen-bond donors (Lipinski definition) is 1. The number of non-ortho nitro benzene ring substituents is 1. The molecule has 0 bridgehead atoms. The van der Waals surface area contributed by atoms with Gasteiger partial charge in [0.1, 0.15) is 0 Å². The highest BCUT2D eigenvalue weighted by molar-refractivity contribution is 7.89. The van der Waals surface area contributed by atoms with Crippen molar-refractivity contribution >= 4 is 27.6 Å². The number of hydrogen-bond acceptors (Lipinski definition) is 6. The molecule has 3 rings (SSSR count). The first-order valence-electron chi connectivity index (χ1n) is 9.57. The average molecular weight is 439 g/mol. The first-order chi connectivity index (χ1) is 14.9. The molecule has 0 aromatic heterocycles. The van der Waals surface area contributed by atoms with Gasteiger partial charge in [0.25, 0.3) is 15.7 Å². The van der Waals surface area contributed by atoms with Gasteiger partial charge in [-0.1, -0.05) is 48.5 Å². The van der Waals surface area contributed by atoms with Crippen LogP contribution in [-0.2, 0) is 16.6 Å². The Bertz CT molecular complexity index is 1160. The van der Waals surface area contributed by atoms with Crippen molar-refractivity contribution in [2.45, 2.75) is 18.4 Å². The van der Waals surface area contributed by atoms with Gasteiger partial charge in [0, 0.05) is 30.9 Å². The molecule has 0 saturated heterocycles. The maximum absolute atomic E-state index is 12.3. The van der Waals surface area contributed by atoms with E-state index in [0.717, 1.165) is 24.8 Å². The lowest BCUT2D eigenvalue weighted by Crippen LogP contribution is -2.21. The molecule has 3 aromatic rings. The van der Waals surface area contributed by atoms with E-state index in [2.05, 4.69) is 33.9 Å². The second-order valence-electron chi connectivity index (χ2n) is 6.70. The highest BCUT2D eigenvalue weighted by Crippen LogP contribution is 2.18. The van der Waals surface area contributed by atoms with Crippen molar-refractivity contribution in [2.24, 2.45) is 5.10 Å². The lowest BCUT2D eigenvalue weighted by Gasteiger charge is -2.23. The summed E-state index contributed by atoms with van der Waals surface area (Å²) < 4.78 is 24.6. The molecular formula is C22H22N4O4S. The van der Waals surface area contributed by atoms with E-state index in [1.54, 1.807) is 0 Å². The molecular weight excluding hydrogens is 416 g/mol. The van der Waals surface area contributed by atoms with Gasteiger partial charge >= 0.3 is 0 Å². The van der Waals surface area contributed by atoms with E-state index in [4.69, 9.17) is 0 Å². The highest BCUT2D eigenvalue weighted by atomic mass is 32.2. The number of nitrogens with zero attached hydrogens (tertiary/aromatic N) is 3. The first kappa shape index (κ1) is 22.0. The second kappa shape index (κ2) is 9.86. The van der Waals surface area contributed by atoms with Crippen molar-refractivity contribution in [3.05, 3.63) is 100 Å². The van der Waals surface area contributed by atoms with Gasteiger partial charge in [0.2, 0.25) is 0 Å². The average Bonchev–Trinajstić information content (AvgIpc) is 2.79. The number of hydrazone groups is 1. The van der Waals surface area contributed by atoms with E-state index in [1.165, 1.54) is 30.0 Å². The van der Waals surface area contributed by atoms with Crippen LogP contribution in [0.4, 0.5) is 11.4 Å². The molecule has 1 N–H and O–H groups in total. The molecule has 0 aliphatic heterocycles. The topological polar surface area (TPSA) is 105 Å². The number of benzene rings is 3. The molecule has 0 aliphatic rings. The number of sulfonamides is 1. The van der Waals surface area contributed by atoms with Gasteiger partial charge < -0.3 is 4.90 Å². The zero-order valence-electron chi connectivity index (χ0n) is 16.9. The van der Waals surface area contributed by atoms with Gasteiger partial charge in [0.05, 0.1) is 16.0 Å². The van der Waals surface area contributed by atoms with Crippen LogP contribution in [0, 0.1) is 10.1 Å². The fraction of sp³-hybridized carbons (Fsp3) is 0.136. The fourth-order valence-corrected chi connectivity index (χ4v) is 3.78. The van der Waals surface area contributed by atoms with Crippen LogP contribution >= 0.6 is 0 Å². The maximum Gasteiger partial charge on any atom is 0.276 e. The van der Waals surface area contributed by atoms with E-state index < -0.39 is 14.9 Å². The van der Waals surface area contributed by atoms with Crippen LogP contribution in [0.2, 0.25) is 0 Å². The number of rotatable bonds is 9. The Kier molecular flexibility index (Phi) is 6.99. The van der Waals surface area contributed by atoms with E-state index in [1.807, 2.05) is 42.5 Å². The van der Waals surface area contributed by atoms with E-state index in [9.17, 15) is 18.5 Å². The third-order valence-electron chi connectivity index (χ3n) is 4.58. The van der Waals surface area contributed by atoms with Crippen molar-refractivity contribution in [3.63, 3.8) is 0 Å². The zero-order chi connectivity index (χ0) is 22.3. The summed E-state index contributed by atoms with van der Waals surface area (Å²) in [6.45, 7) is 3.71. The van der Waals surface area contributed by atoms with E-state index >= 15 is 0 Å². The van der Waals surface area contributed by atoms with Crippen LogP contribution in [0.3, 0.4) is 0 Å². The Morgan fingerprint density at radius 1 is 1.03 bits per heavy atom. The van der Waals surface area contributed by atoms with E-state index in [0.29, 0.717) is 5.56 Å². The zero-order valence-corrected chi connectivity index (χ0v) is 17.7. The molecule has 0 radical (unpaired) electrons. The molecule has 0 amide bonds. The maximum atomic E-state index is 12.3. The Morgan fingerprint density at radius 3 is 2.39 bits per heavy atom. The highest BCUT2D eigenvalue weighted by Gasteiger charge is 2.16. The van der Waals surface area contributed by atoms with Crippen LogP contribution in [0.25, 0.3) is 0 Å². The molecule has 9 heteroatoms. The quantitative estimate of drug-likeness (QED) is 0.310. The summed E-state index contributed by atoms with van der Waals surface area (Å²) in [5.41, 5.74) is 2.66. The molecule has 0 fully saturated rings. The third kappa shape index (κ3) is 5.89. The fourth-order valence-electron chi connectivity index (χ4n) is 2.95. The van der Waals surface area contributed by atoms with Gasteiger partial charge in [-0.15, -0.1) is 0 Å². The number of anilines is 1. The molecule has 0 aliphatic carbocycles. The summed E-state index contributed by atoms with van der Waals surface area (Å²) in [4.78, 5) is 14.3. The van der Waals surface area contributed by atoms with Crippen molar-refractivity contribution in [1.82, 2.24) is 4.83 Å². The molecule has 0 unspecified atom stereocenters. The monoisotopic (exact) mass is 438 g/mol. The summed E-state index contributed by atoms with van der Waals surface area (Å²) in [6.07, 6.45) is 1.38. The molecule has 31 heavy (non-hydrogen) atoms. The molecule has 0 heterocycles. The van der Waals surface area contributed by atoms with E-state index in [-0.39, 0.29) is 10.6 Å². The predicted molar refractivity (Wildman–Crippen MR) is 121 cm³/mol. The normalized spacial score (nSPS) is 11.4. The first-order valence-corrected chi connectivity index (χ1v) is 11.1. The number of nitrogens with one attached hydrogen (secondary N) is 1. The lowest BCUT2D eigenvalue weighted by atomic mass is 10.1. The Morgan fingerprint density at radius 2 is 1.74 bits per heavy atom. The van der Waals surface area contributed by atoms with Gasteiger partial charge in [-0.05, 0) is 36.2 Å². The Balaban J connectivity index is 1.66. The van der Waals surface area contributed by atoms with Crippen molar-refractivity contribution < 1.29 is 13.3 Å². The minimum absolute atomic E-state index is 0.228. The number of nitro benzene ring substituents is 1. The standard InChI is InChI=1S/C22H22N4O4S/c1-2-25(17-19-7-4-3-5-8-19)20-13-11-18(12-14-20)16-23-24-31(29,30)22-10-6-9-21(15-22)26(27)28/h3-16,24H,2,17H2,1H3/b23-16+. The predicted octanol–water partition coefficient (Wildman–Crippen LogP) is 3.93. The van der Waals surface area contributed by atoms with Crippen LogP contribution < -0.4 is 9.73 Å². The summed E-state index contributed by atoms with van der Waals surface area (Å²) in [5.74, 6) is 0. The molecule has 0 spiro atoms.